The first-order valence-corrected chi connectivity index (χ1v) is 5.31. The van der Waals surface area contributed by atoms with Gasteiger partial charge >= 0.3 is 0 Å². The molecule has 4 nitrogen and oxygen atoms in total. The number of benzene rings is 1. The van der Waals surface area contributed by atoms with E-state index in [9.17, 15) is 0 Å². The Bertz CT molecular complexity index is 493. The van der Waals surface area contributed by atoms with Gasteiger partial charge in [-0.2, -0.15) is 0 Å². The van der Waals surface area contributed by atoms with Crippen LogP contribution >= 0.6 is 0 Å². The highest BCUT2D eigenvalue weighted by molar-refractivity contribution is 5.40. The number of hydrogen-bond acceptors (Lipinski definition) is 3. The largest absolute Gasteiger partial charge is 0.325 e. The van der Waals surface area contributed by atoms with Crippen molar-refractivity contribution >= 4 is 0 Å². The van der Waals surface area contributed by atoms with Crippen LogP contribution in [-0.4, -0.2) is 15.0 Å². The van der Waals surface area contributed by atoms with Crippen molar-refractivity contribution in [1.82, 2.24) is 15.0 Å². The molecule has 0 atom stereocenters. The van der Waals surface area contributed by atoms with E-state index in [1.54, 1.807) is 0 Å². The van der Waals surface area contributed by atoms with Gasteiger partial charge in [0.25, 0.3) is 0 Å². The van der Waals surface area contributed by atoms with E-state index >= 15 is 0 Å². The molecule has 1 aromatic carbocycles. The average molecular weight is 216 g/mol. The SMILES string of the molecule is Cc1cc(C)cc(-n2nnc(CN)c2C)c1. The molecule has 4 heteroatoms. The summed E-state index contributed by atoms with van der Waals surface area (Å²) in [5.74, 6) is 0. The first-order chi connectivity index (χ1) is 7.61. The molecule has 0 saturated heterocycles. The lowest BCUT2D eigenvalue weighted by atomic mass is 10.1. The van der Waals surface area contributed by atoms with Crippen LogP contribution in [0.3, 0.4) is 0 Å². The van der Waals surface area contributed by atoms with Gasteiger partial charge in [-0.05, 0) is 44.0 Å². The van der Waals surface area contributed by atoms with Gasteiger partial charge in [0.2, 0.25) is 0 Å². The molecular formula is C12H16N4. The summed E-state index contributed by atoms with van der Waals surface area (Å²) in [6, 6.07) is 6.32. The van der Waals surface area contributed by atoms with Gasteiger partial charge in [0.05, 0.1) is 17.1 Å². The number of aromatic nitrogens is 3. The van der Waals surface area contributed by atoms with Gasteiger partial charge in [0, 0.05) is 6.54 Å². The summed E-state index contributed by atoms with van der Waals surface area (Å²) >= 11 is 0. The van der Waals surface area contributed by atoms with Crippen LogP contribution in [0.15, 0.2) is 18.2 Å². The summed E-state index contributed by atoms with van der Waals surface area (Å²) in [6.45, 7) is 6.57. The van der Waals surface area contributed by atoms with Crippen molar-refractivity contribution in [3.8, 4) is 5.69 Å². The van der Waals surface area contributed by atoms with Crippen molar-refractivity contribution < 1.29 is 0 Å². The van der Waals surface area contributed by atoms with Crippen LogP contribution in [0.4, 0.5) is 0 Å². The fourth-order valence-electron chi connectivity index (χ4n) is 1.87. The van der Waals surface area contributed by atoms with Crippen molar-refractivity contribution in [2.24, 2.45) is 5.73 Å². The molecule has 0 aliphatic heterocycles. The third-order valence-electron chi connectivity index (χ3n) is 2.63. The number of nitrogens with two attached hydrogens (primary N) is 1. The maximum Gasteiger partial charge on any atom is 0.0996 e. The smallest absolute Gasteiger partial charge is 0.0996 e. The number of aryl methyl sites for hydroxylation is 2. The molecule has 1 aromatic heterocycles. The van der Waals surface area contributed by atoms with Crippen LogP contribution in [0.1, 0.15) is 22.5 Å². The van der Waals surface area contributed by atoms with Crippen LogP contribution in [0.25, 0.3) is 5.69 Å². The predicted molar refractivity (Wildman–Crippen MR) is 63.5 cm³/mol. The minimum Gasteiger partial charge on any atom is -0.325 e. The second-order valence-corrected chi connectivity index (χ2v) is 4.08. The third kappa shape index (κ3) is 1.84. The first kappa shape index (κ1) is 10.8. The Morgan fingerprint density at radius 3 is 2.25 bits per heavy atom. The average Bonchev–Trinajstić information content (AvgIpc) is 2.58. The molecule has 0 aliphatic carbocycles. The summed E-state index contributed by atoms with van der Waals surface area (Å²) in [6.07, 6.45) is 0. The van der Waals surface area contributed by atoms with Gasteiger partial charge in [0.15, 0.2) is 0 Å². The fraction of sp³-hybridized carbons (Fsp3) is 0.333. The standard InChI is InChI=1S/C12H16N4/c1-8-4-9(2)6-11(5-8)16-10(3)12(7-13)14-15-16/h4-6H,7,13H2,1-3H3. The zero-order chi connectivity index (χ0) is 11.7. The highest BCUT2D eigenvalue weighted by Gasteiger charge is 2.08. The lowest BCUT2D eigenvalue weighted by molar-refractivity contribution is 0.781. The van der Waals surface area contributed by atoms with Crippen LogP contribution in [0, 0.1) is 20.8 Å². The lowest BCUT2D eigenvalue weighted by Crippen LogP contribution is -2.02. The molecule has 1 heterocycles. The highest BCUT2D eigenvalue weighted by Crippen LogP contribution is 2.15. The van der Waals surface area contributed by atoms with Crippen molar-refractivity contribution in [2.75, 3.05) is 0 Å². The monoisotopic (exact) mass is 216 g/mol. The van der Waals surface area contributed by atoms with E-state index in [-0.39, 0.29) is 0 Å². The Kier molecular flexibility index (Phi) is 2.75. The quantitative estimate of drug-likeness (QED) is 0.830. The molecule has 0 amide bonds. The third-order valence-corrected chi connectivity index (χ3v) is 2.63. The normalized spacial score (nSPS) is 10.8. The Balaban J connectivity index is 2.54. The zero-order valence-corrected chi connectivity index (χ0v) is 9.86. The van der Waals surface area contributed by atoms with E-state index in [1.165, 1.54) is 11.1 Å². The summed E-state index contributed by atoms with van der Waals surface area (Å²) in [5, 5.41) is 8.18. The molecule has 2 aromatic rings. The topological polar surface area (TPSA) is 56.7 Å². The van der Waals surface area contributed by atoms with E-state index in [2.05, 4.69) is 42.4 Å². The maximum atomic E-state index is 5.59. The summed E-state index contributed by atoms with van der Waals surface area (Å²) in [4.78, 5) is 0. The van der Waals surface area contributed by atoms with E-state index in [0.29, 0.717) is 6.54 Å². The van der Waals surface area contributed by atoms with E-state index < -0.39 is 0 Å². The molecule has 0 aliphatic rings. The highest BCUT2D eigenvalue weighted by atomic mass is 15.4. The van der Waals surface area contributed by atoms with E-state index in [1.807, 2.05) is 11.6 Å². The molecule has 0 unspecified atom stereocenters. The summed E-state index contributed by atoms with van der Waals surface area (Å²) in [7, 11) is 0. The molecule has 2 N–H and O–H groups in total. The summed E-state index contributed by atoms with van der Waals surface area (Å²) in [5.41, 5.74) is 10.9. The van der Waals surface area contributed by atoms with Crippen LogP contribution in [0.2, 0.25) is 0 Å². The van der Waals surface area contributed by atoms with E-state index in [4.69, 9.17) is 5.73 Å². The Morgan fingerprint density at radius 1 is 1.12 bits per heavy atom. The van der Waals surface area contributed by atoms with Crippen molar-refractivity contribution in [3.05, 3.63) is 40.7 Å². The second-order valence-electron chi connectivity index (χ2n) is 4.08. The lowest BCUT2D eigenvalue weighted by Gasteiger charge is -2.06. The zero-order valence-electron chi connectivity index (χ0n) is 9.86. The molecule has 0 spiro atoms. The Morgan fingerprint density at radius 2 is 1.75 bits per heavy atom. The Hall–Kier alpha value is -1.68. The minimum absolute atomic E-state index is 0.427. The van der Waals surface area contributed by atoms with Gasteiger partial charge in [-0.1, -0.05) is 11.3 Å². The van der Waals surface area contributed by atoms with Gasteiger partial charge in [-0.3, -0.25) is 0 Å². The molecule has 2 rings (SSSR count). The molecule has 0 saturated carbocycles. The fourth-order valence-corrected chi connectivity index (χ4v) is 1.87. The van der Waals surface area contributed by atoms with Crippen molar-refractivity contribution in [3.63, 3.8) is 0 Å². The van der Waals surface area contributed by atoms with E-state index in [0.717, 1.165) is 17.1 Å². The van der Waals surface area contributed by atoms with Crippen molar-refractivity contribution in [2.45, 2.75) is 27.3 Å². The molecular weight excluding hydrogens is 200 g/mol. The number of rotatable bonds is 2. The molecule has 16 heavy (non-hydrogen) atoms. The second kappa shape index (κ2) is 4.06. The van der Waals surface area contributed by atoms with Gasteiger partial charge in [0.1, 0.15) is 0 Å². The number of nitrogens with zero attached hydrogens (tertiary/aromatic N) is 3. The van der Waals surface area contributed by atoms with Gasteiger partial charge in [-0.15, -0.1) is 5.10 Å². The van der Waals surface area contributed by atoms with Crippen molar-refractivity contribution in [1.29, 1.82) is 0 Å². The van der Waals surface area contributed by atoms with Crippen LogP contribution in [-0.2, 0) is 6.54 Å². The van der Waals surface area contributed by atoms with Crippen LogP contribution in [0.5, 0.6) is 0 Å². The first-order valence-electron chi connectivity index (χ1n) is 5.31. The Labute approximate surface area is 95.1 Å². The van der Waals surface area contributed by atoms with Gasteiger partial charge in [-0.25, -0.2) is 4.68 Å². The minimum atomic E-state index is 0.427. The summed E-state index contributed by atoms with van der Waals surface area (Å²) < 4.78 is 1.84. The van der Waals surface area contributed by atoms with Gasteiger partial charge < -0.3 is 5.73 Å². The molecule has 0 fully saturated rings. The molecule has 0 bridgehead atoms. The molecule has 84 valence electrons. The van der Waals surface area contributed by atoms with Crippen LogP contribution < -0.4 is 5.73 Å². The predicted octanol–water partition coefficient (Wildman–Crippen LogP) is 1.65. The number of hydrogen-bond donors (Lipinski definition) is 1. The molecule has 0 radical (unpaired) electrons. The maximum absolute atomic E-state index is 5.59.